The average molecular weight is 270 g/mol. The number of rotatable bonds is 2. The molecule has 1 aliphatic rings. The van der Waals surface area contributed by atoms with Crippen LogP contribution in [0.25, 0.3) is 0 Å². The van der Waals surface area contributed by atoms with Gasteiger partial charge in [0, 0.05) is 10.5 Å². The minimum absolute atomic E-state index is 0.237. The molecule has 0 aliphatic carbocycles. The van der Waals surface area contributed by atoms with E-state index in [1.165, 1.54) is 10.0 Å². The number of aliphatic hydroxyl groups is 1. The fourth-order valence-electron chi connectivity index (χ4n) is 2.23. The van der Waals surface area contributed by atoms with E-state index in [2.05, 4.69) is 39.4 Å². The van der Waals surface area contributed by atoms with Crippen LogP contribution in [0.3, 0.4) is 0 Å². The van der Waals surface area contributed by atoms with Gasteiger partial charge in [-0.1, -0.05) is 34.1 Å². The Bertz CT molecular complexity index is 329. The van der Waals surface area contributed by atoms with Crippen LogP contribution in [0.4, 0.5) is 0 Å². The predicted octanol–water partition coefficient (Wildman–Crippen LogP) is 2.28. The van der Waals surface area contributed by atoms with E-state index in [1.807, 2.05) is 6.07 Å². The highest BCUT2D eigenvalue weighted by atomic mass is 79.9. The van der Waals surface area contributed by atoms with Crippen LogP contribution in [-0.4, -0.2) is 24.3 Å². The SMILES string of the molecule is OCC1CC(c2ccccc2Br)CCN1. The third-order valence-corrected chi connectivity index (χ3v) is 3.78. The Kier molecular flexibility index (Phi) is 3.78. The monoisotopic (exact) mass is 269 g/mol. The number of aliphatic hydroxyl groups excluding tert-OH is 1. The summed E-state index contributed by atoms with van der Waals surface area (Å²) in [5, 5.41) is 12.5. The summed E-state index contributed by atoms with van der Waals surface area (Å²) in [6, 6.07) is 8.64. The Morgan fingerprint density at radius 3 is 2.93 bits per heavy atom. The molecule has 1 aliphatic heterocycles. The Labute approximate surface area is 98.8 Å². The molecular formula is C12H16BrNO. The predicted molar refractivity (Wildman–Crippen MR) is 65.0 cm³/mol. The largest absolute Gasteiger partial charge is 0.395 e. The first-order chi connectivity index (χ1) is 7.31. The molecule has 0 amide bonds. The van der Waals surface area contributed by atoms with Gasteiger partial charge in [0.25, 0.3) is 0 Å². The van der Waals surface area contributed by atoms with Gasteiger partial charge in [-0.2, -0.15) is 0 Å². The summed E-state index contributed by atoms with van der Waals surface area (Å²) in [5.74, 6) is 0.568. The lowest BCUT2D eigenvalue weighted by Crippen LogP contribution is -2.39. The maximum atomic E-state index is 9.15. The van der Waals surface area contributed by atoms with E-state index in [4.69, 9.17) is 5.11 Å². The first-order valence-electron chi connectivity index (χ1n) is 5.40. The molecule has 1 fully saturated rings. The van der Waals surface area contributed by atoms with E-state index < -0.39 is 0 Å². The fourth-order valence-corrected chi connectivity index (χ4v) is 2.84. The van der Waals surface area contributed by atoms with E-state index in [9.17, 15) is 0 Å². The van der Waals surface area contributed by atoms with Crippen molar-refractivity contribution in [3.05, 3.63) is 34.3 Å². The molecule has 82 valence electrons. The van der Waals surface area contributed by atoms with Crippen LogP contribution in [0.15, 0.2) is 28.7 Å². The maximum Gasteiger partial charge on any atom is 0.0584 e. The molecular weight excluding hydrogens is 254 g/mol. The van der Waals surface area contributed by atoms with Crippen LogP contribution in [0, 0.1) is 0 Å². The lowest BCUT2D eigenvalue weighted by molar-refractivity contribution is 0.210. The smallest absolute Gasteiger partial charge is 0.0584 e. The van der Waals surface area contributed by atoms with E-state index >= 15 is 0 Å². The molecule has 1 heterocycles. The second kappa shape index (κ2) is 5.10. The highest BCUT2D eigenvalue weighted by molar-refractivity contribution is 9.10. The summed E-state index contributed by atoms with van der Waals surface area (Å²) in [7, 11) is 0. The van der Waals surface area contributed by atoms with Crippen LogP contribution >= 0.6 is 15.9 Å². The molecule has 1 saturated heterocycles. The number of hydrogen-bond donors (Lipinski definition) is 2. The molecule has 2 unspecified atom stereocenters. The molecule has 2 rings (SSSR count). The molecule has 1 aromatic carbocycles. The van der Waals surface area contributed by atoms with Crippen LogP contribution in [-0.2, 0) is 0 Å². The molecule has 0 spiro atoms. The highest BCUT2D eigenvalue weighted by Gasteiger charge is 2.23. The minimum Gasteiger partial charge on any atom is -0.395 e. The zero-order chi connectivity index (χ0) is 10.7. The molecule has 15 heavy (non-hydrogen) atoms. The summed E-state index contributed by atoms with van der Waals surface area (Å²) in [5.41, 5.74) is 1.37. The third-order valence-electron chi connectivity index (χ3n) is 3.06. The summed E-state index contributed by atoms with van der Waals surface area (Å²) < 4.78 is 1.19. The lowest BCUT2D eigenvalue weighted by Gasteiger charge is -2.30. The minimum atomic E-state index is 0.237. The molecule has 0 radical (unpaired) electrons. The third kappa shape index (κ3) is 2.60. The quantitative estimate of drug-likeness (QED) is 0.864. The number of piperidine rings is 1. The summed E-state index contributed by atoms with van der Waals surface area (Å²) in [4.78, 5) is 0. The second-order valence-electron chi connectivity index (χ2n) is 4.08. The van der Waals surface area contributed by atoms with Crippen LogP contribution in [0.1, 0.15) is 24.3 Å². The van der Waals surface area contributed by atoms with Crippen molar-refractivity contribution in [1.82, 2.24) is 5.32 Å². The summed E-state index contributed by atoms with van der Waals surface area (Å²) in [6.07, 6.45) is 2.18. The summed E-state index contributed by atoms with van der Waals surface area (Å²) in [6.45, 7) is 1.23. The highest BCUT2D eigenvalue weighted by Crippen LogP contribution is 2.32. The topological polar surface area (TPSA) is 32.3 Å². The zero-order valence-electron chi connectivity index (χ0n) is 8.62. The Hall–Kier alpha value is -0.380. The fraction of sp³-hybridized carbons (Fsp3) is 0.500. The van der Waals surface area contributed by atoms with Crippen molar-refractivity contribution in [2.24, 2.45) is 0 Å². The van der Waals surface area contributed by atoms with Gasteiger partial charge in [-0.3, -0.25) is 0 Å². The van der Waals surface area contributed by atoms with Gasteiger partial charge in [-0.05, 0) is 36.9 Å². The average Bonchev–Trinajstić information content (AvgIpc) is 2.30. The molecule has 2 N–H and O–H groups in total. The lowest BCUT2D eigenvalue weighted by atomic mass is 9.87. The first kappa shape index (κ1) is 11.1. The van der Waals surface area contributed by atoms with E-state index in [0.29, 0.717) is 5.92 Å². The normalized spacial score (nSPS) is 26.5. The van der Waals surface area contributed by atoms with Gasteiger partial charge in [0.15, 0.2) is 0 Å². The molecule has 3 heteroatoms. The van der Waals surface area contributed by atoms with E-state index in [-0.39, 0.29) is 12.6 Å². The van der Waals surface area contributed by atoms with Gasteiger partial charge in [0.1, 0.15) is 0 Å². The van der Waals surface area contributed by atoms with E-state index in [1.54, 1.807) is 0 Å². The summed E-state index contributed by atoms with van der Waals surface area (Å²) >= 11 is 3.59. The zero-order valence-corrected chi connectivity index (χ0v) is 10.2. The van der Waals surface area contributed by atoms with Crippen molar-refractivity contribution in [3.8, 4) is 0 Å². The Balaban J connectivity index is 2.13. The van der Waals surface area contributed by atoms with Gasteiger partial charge in [0.05, 0.1) is 6.61 Å². The van der Waals surface area contributed by atoms with Crippen LogP contribution in [0.2, 0.25) is 0 Å². The van der Waals surface area contributed by atoms with Gasteiger partial charge in [-0.25, -0.2) is 0 Å². The van der Waals surface area contributed by atoms with Crippen molar-refractivity contribution in [2.45, 2.75) is 24.8 Å². The van der Waals surface area contributed by atoms with Gasteiger partial charge in [0.2, 0.25) is 0 Å². The van der Waals surface area contributed by atoms with Crippen molar-refractivity contribution in [1.29, 1.82) is 0 Å². The molecule has 0 saturated carbocycles. The number of halogens is 1. The Morgan fingerprint density at radius 2 is 2.20 bits per heavy atom. The van der Waals surface area contributed by atoms with E-state index in [0.717, 1.165) is 19.4 Å². The van der Waals surface area contributed by atoms with Crippen molar-refractivity contribution < 1.29 is 5.11 Å². The van der Waals surface area contributed by atoms with Crippen LogP contribution < -0.4 is 5.32 Å². The van der Waals surface area contributed by atoms with Crippen LogP contribution in [0.5, 0.6) is 0 Å². The number of nitrogens with one attached hydrogen (secondary N) is 1. The molecule has 2 atom stereocenters. The first-order valence-corrected chi connectivity index (χ1v) is 6.19. The van der Waals surface area contributed by atoms with Gasteiger partial charge >= 0.3 is 0 Å². The molecule has 2 nitrogen and oxygen atoms in total. The maximum absolute atomic E-state index is 9.15. The van der Waals surface area contributed by atoms with Gasteiger partial charge in [-0.15, -0.1) is 0 Å². The van der Waals surface area contributed by atoms with Crippen molar-refractivity contribution in [2.75, 3.05) is 13.2 Å². The molecule has 1 aromatic rings. The molecule has 0 bridgehead atoms. The van der Waals surface area contributed by atoms with Gasteiger partial charge < -0.3 is 10.4 Å². The standard InChI is InChI=1S/C12H16BrNO/c13-12-4-2-1-3-11(12)9-5-6-14-10(7-9)8-15/h1-4,9-10,14-15H,5-8H2. The second-order valence-corrected chi connectivity index (χ2v) is 4.93. The number of benzene rings is 1. The Morgan fingerprint density at radius 1 is 1.40 bits per heavy atom. The number of hydrogen-bond acceptors (Lipinski definition) is 2. The van der Waals surface area contributed by atoms with Crippen molar-refractivity contribution >= 4 is 15.9 Å². The molecule has 0 aromatic heterocycles. The van der Waals surface area contributed by atoms with Crippen molar-refractivity contribution in [3.63, 3.8) is 0 Å².